The molecule has 0 fully saturated rings. The summed E-state index contributed by atoms with van der Waals surface area (Å²) in [4.78, 5) is 4.60. The quantitative estimate of drug-likeness (QED) is 0.626. The molecule has 106 valence electrons. The van der Waals surface area contributed by atoms with E-state index in [1.165, 1.54) is 0 Å². The SMILES string of the molecule is Cc1cccc(O[SiH](C)C)c1N=CCc1cnn(C)c1.[H+]. The molecule has 20 heavy (non-hydrogen) atoms. The fraction of sp³-hybridized carbons (Fsp3) is 0.333. The van der Waals surface area contributed by atoms with E-state index < -0.39 is 9.04 Å². The largest absolute Gasteiger partial charge is 1.00 e. The number of benzene rings is 1. The maximum Gasteiger partial charge on any atom is 1.00 e. The molecule has 0 aliphatic rings. The Balaban J connectivity index is 0.00000220. The molecule has 2 aromatic rings. The van der Waals surface area contributed by atoms with Crippen molar-refractivity contribution in [2.45, 2.75) is 26.4 Å². The molecule has 0 saturated heterocycles. The second-order valence-electron chi connectivity index (χ2n) is 5.13. The first kappa shape index (κ1) is 14.5. The lowest BCUT2D eigenvalue weighted by molar-refractivity contribution is 0.581. The number of rotatable bonds is 5. The van der Waals surface area contributed by atoms with Gasteiger partial charge in [0.2, 0.25) is 9.04 Å². The molecule has 4 nitrogen and oxygen atoms in total. The predicted molar refractivity (Wildman–Crippen MR) is 86.9 cm³/mol. The Kier molecular flexibility index (Phi) is 4.73. The van der Waals surface area contributed by atoms with Gasteiger partial charge in [-0.1, -0.05) is 12.1 Å². The molecule has 5 heteroatoms. The summed E-state index contributed by atoms with van der Waals surface area (Å²) in [5.41, 5.74) is 3.24. The minimum Gasteiger partial charge on any atom is -0.546 e. The fourth-order valence-electron chi connectivity index (χ4n) is 1.97. The van der Waals surface area contributed by atoms with Crippen LogP contribution in [0.4, 0.5) is 5.69 Å². The average Bonchev–Trinajstić information content (AvgIpc) is 2.78. The van der Waals surface area contributed by atoms with Crippen LogP contribution in [0.1, 0.15) is 12.6 Å². The van der Waals surface area contributed by atoms with E-state index >= 15 is 0 Å². The van der Waals surface area contributed by atoms with Crippen molar-refractivity contribution in [1.82, 2.24) is 9.78 Å². The highest BCUT2D eigenvalue weighted by atomic mass is 28.3. The van der Waals surface area contributed by atoms with Crippen LogP contribution in [0.25, 0.3) is 0 Å². The van der Waals surface area contributed by atoms with E-state index in [1.54, 1.807) is 4.68 Å². The van der Waals surface area contributed by atoms with Gasteiger partial charge in [-0.3, -0.25) is 9.67 Å². The van der Waals surface area contributed by atoms with Gasteiger partial charge in [-0.25, -0.2) is 0 Å². The number of aryl methyl sites for hydroxylation is 2. The minimum absolute atomic E-state index is 0. The van der Waals surface area contributed by atoms with E-state index in [4.69, 9.17) is 4.43 Å². The zero-order chi connectivity index (χ0) is 14.5. The summed E-state index contributed by atoms with van der Waals surface area (Å²) in [5.74, 6) is 0.897. The van der Waals surface area contributed by atoms with E-state index in [9.17, 15) is 0 Å². The fourth-order valence-corrected chi connectivity index (χ4v) is 2.66. The first-order chi connectivity index (χ1) is 9.56. The van der Waals surface area contributed by atoms with Crippen LogP contribution >= 0.6 is 0 Å². The van der Waals surface area contributed by atoms with Gasteiger partial charge in [-0.2, -0.15) is 5.10 Å². The summed E-state index contributed by atoms with van der Waals surface area (Å²) >= 11 is 0. The molecule has 1 heterocycles. The predicted octanol–water partition coefficient (Wildman–Crippen LogP) is 3.15. The van der Waals surface area contributed by atoms with Crippen molar-refractivity contribution in [2.24, 2.45) is 12.0 Å². The van der Waals surface area contributed by atoms with Crippen molar-refractivity contribution < 1.29 is 5.85 Å². The maximum absolute atomic E-state index is 5.94. The Hall–Kier alpha value is -1.88. The number of aliphatic imine (C=N–C) groups is 1. The van der Waals surface area contributed by atoms with Gasteiger partial charge in [-0.15, -0.1) is 0 Å². The smallest absolute Gasteiger partial charge is 0.546 e. The van der Waals surface area contributed by atoms with Crippen LogP contribution in [-0.2, 0) is 13.5 Å². The molecule has 0 amide bonds. The Morgan fingerprint density at radius 3 is 2.90 bits per heavy atom. The van der Waals surface area contributed by atoms with Crippen molar-refractivity contribution in [2.75, 3.05) is 0 Å². The number of hydrogen-bond acceptors (Lipinski definition) is 3. The molecule has 0 aliphatic carbocycles. The zero-order valence-electron chi connectivity index (χ0n) is 13.5. The van der Waals surface area contributed by atoms with Gasteiger partial charge in [0.05, 0.1) is 6.20 Å². The van der Waals surface area contributed by atoms with Gasteiger partial charge in [-0.05, 0) is 37.2 Å². The molecule has 0 atom stereocenters. The summed E-state index contributed by atoms with van der Waals surface area (Å²) in [6.07, 6.45) is 6.57. The molecular formula is C15H22N3OSi+. The maximum atomic E-state index is 5.94. The lowest BCUT2D eigenvalue weighted by Gasteiger charge is -2.13. The van der Waals surface area contributed by atoms with Crippen LogP contribution in [0.3, 0.4) is 0 Å². The molecule has 0 radical (unpaired) electrons. The van der Waals surface area contributed by atoms with Crippen molar-refractivity contribution in [3.63, 3.8) is 0 Å². The normalized spacial score (nSPS) is 11.4. The van der Waals surface area contributed by atoms with Crippen molar-refractivity contribution in [3.8, 4) is 5.75 Å². The number of para-hydroxylation sites is 1. The van der Waals surface area contributed by atoms with Crippen LogP contribution in [0.2, 0.25) is 13.1 Å². The highest BCUT2D eigenvalue weighted by molar-refractivity contribution is 6.49. The Morgan fingerprint density at radius 2 is 2.25 bits per heavy atom. The summed E-state index contributed by atoms with van der Waals surface area (Å²) < 4.78 is 7.74. The first-order valence-electron chi connectivity index (χ1n) is 6.82. The second kappa shape index (κ2) is 6.52. The summed E-state index contributed by atoms with van der Waals surface area (Å²) in [7, 11) is 0.795. The van der Waals surface area contributed by atoms with Gasteiger partial charge >= 0.3 is 1.43 Å². The summed E-state index contributed by atoms with van der Waals surface area (Å²) in [6.45, 7) is 6.38. The number of hydrogen-bond donors (Lipinski definition) is 0. The van der Waals surface area contributed by atoms with Crippen LogP contribution < -0.4 is 4.43 Å². The molecule has 0 unspecified atom stereocenters. The van der Waals surface area contributed by atoms with Gasteiger partial charge in [0.15, 0.2) is 0 Å². The van der Waals surface area contributed by atoms with Crippen LogP contribution in [-0.4, -0.2) is 25.0 Å². The van der Waals surface area contributed by atoms with Crippen molar-refractivity contribution in [1.29, 1.82) is 0 Å². The highest BCUT2D eigenvalue weighted by Crippen LogP contribution is 2.31. The molecule has 1 aromatic heterocycles. The molecule has 0 bridgehead atoms. The van der Waals surface area contributed by atoms with Gasteiger partial charge in [0, 0.05) is 25.9 Å². The average molecular weight is 288 g/mol. The minimum atomic E-state index is -1.12. The van der Waals surface area contributed by atoms with E-state index in [0.29, 0.717) is 0 Å². The van der Waals surface area contributed by atoms with Crippen molar-refractivity contribution >= 4 is 20.9 Å². The third-order valence-corrected chi connectivity index (χ3v) is 3.59. The molecule has 0 aliphatic heterocycles. The van der Waals surface area contributed by atoms with E-state index in [0.717, 1.165) is 29.0 Å². The topological polar surface area (TPSA) is 39.4 Å². The van der Waals surface area contributed by atoms with E-state index in [1.807, 2.05) is 37.8 Å². The third kappa shape index (κ3) is 3.80. The van der Waals surface area contributed by atoms with Gasteiger partial charge in [0.1, 0.15) is 11.4 Å². The van der Waals surface area contributed by atoms with Crippen LogP contribution in [0.5, 0.6) is 5.75 Å². The highest BCUT2D eigenvalue weighted by Gasteiger charge is 2.07. The summed E-state index contributed by atoms with van der Waals surface area (Å²) in [6, 6.07) is 6.07. The Labute approximate surface area is 123 Å². The zero-order valence-corrected chi connectivity index (χ0v) is 13.7. The number of aromatic nitrogens is 2. The van der Waals surface area contributed by atoms with E-state index in [-0.39, 0.29) is 1.43 Å². The molecule has 0 saturated carbocycles. The second-order valence-corrected chi connectivity index (χ2v) is 7.46. The summed E-state index contributed by atoms with van der Waals surface area (Å²) in [5, 5.41) is 4.15. The van der Waals surface area contributed by atoms with E-state index in [2.05, 4.69) is 36.2 Å². The lowest BCUT2D eigenvalue weighted by Crippen LogP contribution is -2.11. The number of nitrogens with zero attached hydrogens (tertiary/aromatic N) is 3. The van der Waals surface area contributed by atoms with Crippen LogP contribution in [0.15, 0.2) is 35.6 Å². The van der Waals surface area contributed by atoms with Crippen molar-refractivity contribution in [3.05, 3.63) is 41.7 Å². The standard InChI is InChI=1S/C15H21N3OSi/c1-12-6-5-7-14(19-20(3)4)15(12)16-9-8-13-10-17-18(2)11-13/h5-7,9-11,20H,8H2,1-4H3/p+1. The molecule has 0 spiro atoms. The van der Waals surface area contributed by atoms with Crippen LogP contribution in [0, 0.1) is 6.92 Å². The molecule has 1 aromatic carbocycles. The van der Waals surface area contributed by atoms with Gasteiger partial charge < -0.3 is 4.43 Å². The Bertz CT molecular complexity index is 611. The third-order valence-electron chi connectivity index (χ3n) is 2.87. The Morgan fingerprint density at radius 1 is 1.45 bits per heavy atom. The monoisotopic (exact) mass is 288 g/mol. The molecular weight excluding hydrogens is 266 g/mol. The molecule has 0 N–H and O–H groups in total. The molecule has 2 rings (SSSR count). The lowest BCUT2D eigenvalue weighted by atomic mass is 10.2. The van der Waals surface area contributed by atoms with Gasteiger partial charge in [0.25, 0.3) is 0 Å². The first-order valence-corrected chi connectivity index (χ1v) is 9.60.